The number of carbonyl (C=O) groups excluding carboxylic acids is 3. The molecule has 31 heavy (non-hydrogen) atoms. The summed E-state index contributed by atoms with van der Waals surface area (Å²) in [6.45, 7) is 1.48. The van der Waals surface area contributed by atoms with E-state index in [-0.39, 0.29) is 28.9 Å². The van der Waals surface area contributed by atoms with Crippen LogP contribution in [0.15, 0.2) is 40.9 Å². The molecule has 3 aliphatic rings. The average Bonchev–Trinajstić information content (AvgIpc) is 2.65. The fourth-order valence-corrected chi connectivity index (χ4v) is 5.51. The van der Waals surface area contributed by atoms with Gasteiger partial charge >= 0.3 is 0 Å². The minimum atomic E-state index is -1.64. The number of phenolic OH excluding ortho intramolecular Hbond substituents is 1. The van der Waals surface area contributed by atoms with E-state index in [9.17, 15) is 34.8 Å². The molecule has 0 saturated heterocycles. The zero-order valence-corrected chi connectivity index (χ0v) is 17.3. The maximum Gasteiger partial charge on any atom is 0.255 e. The molecule has 6 N–H and O–H groups in total. The third-order valence-electron chi connectivity index (χ3n) is 6.88. The highest BCUT2D eigenvalue weighted by atomic mass is 16.3. The van der Waals surface area contributed by atoms with Gasteiger partial charge in [0.1, 0.15) is 22.8 Å². The molecule has 0 radical (unpaired) electrons. The first-order valence-corrected chi connectivity index (χ1v) is 9.87. The molecular weight excluding hydrogens is 404 g/mol. The Labute approximate surface area is 178 Å². The lowest BCUT2D eigenvalue weighted by Crippen LogP contribution is -2.57. The second-order valence-electron chi connectivity index (χ2n) is 8.80. The van der Waals surface area contributed by atoms with E-state index in [0.717, 1.165) is 0 Å². The first-order chi connectivity index (χ1) is 14.4. The summed E-state index contributed by atoms with van der Waals surface area (Å²) in [6.07, 6.45) is 0.0720. The number of primary amides is 1. The van der Waals surface area contributed by atoms with Crippen LogP contribution in [0.25, 0.3) is 0 Å². The van der Waals surface area contributed by atoms with Crippen molar-refractivity contribution in [2.75, 3.05) is 14.1 Å². The number of nitrogens with two attached hydrogens (primary N) is 1. The zero-order valence-electron chi connectivity index (χ0n) is 17.3. The smallest absolute Gasteiger partial charge is 0.255 e. The molecule has 0 aromatic heterocycles. The molecule has 4 rings (SSSR count). The van der Waals surface area contributed by atoms with Crippen molar-refractivity contribution in [1.82, 2.24) is 4.90 Å². The Bertz CT molecular complexity index is 1100. The van der Waals surface area contributed by atoms with Gasteiger partial charge in [-0.1, -0.05) is 12.1 Å². The summed E-state index contributed by atoms with van der Waals surface area (Å²) in [7, 11) is 3.26. The third kappa shape index (κ3) is 2.66. The number of aliphatic hydroxyl groups is 3. The normalized spacial score (nSPS) is 32.7. The van der Waals surface area contributed by atoms with Gasteiger partial charge in [-0.05, 0) is 39.1 Å². The highest BCUT2D eigenvalue weighted by Crippen LogP contribution is 2.54. The van der Waals surface area contributed by atoms with Gasteiger partial charge in [-0.15, -0.1) is 0 Å². The van der Waals surface area contributed by atoms with Crippen LogP contribution < -0.4 is 5.73 Å². The highest BCUT2D eigenvalue weighted by Gasteiger charge is 2.59. The standard InChI is InChI=1S/C22H24N2O7/c1-22(31)9-5-4-6-11(25)13(9)19(28)14-10(22)7-8-12(17(14)26)18(27)15(21(23)30)20(29)16(8)24(2)3/h4-6,8,10,14,16,25,27,29,31H,7H2,1-3H3,(H2,23,30)/t8-,10-,14-,16+,22-/m1/s1. The fourth-order valence-electron chi connectivity index (χ4n) is 5.51. The molecule has 0 heterocycles. The maximum atomic E-state index is 13.6. The second kappa shape index (κ2) is 6.66. The van der Waals surface area contributed by atoms with Gasteiger partial charge in [0.15, 0.2) is 11.6 Å². The van der Waals surface area contributed by atoms with Crippen LogP contribution in [0.4, 0.5) is 0 Å². The molecule has 164 valence electrons. The summed E-state index contributed by atoms with van der Waals surface area (Å²) >= 11 is 0. The molecule has 1 amide bonds. The number of benzene rings is 1. The maximum absolute atomic E-state index is 13.6. The summed E-state index contributed by atoms with van der Waals surface area (Å²) in [5.74, 6) is -7.08. The van der Waals surface area contributed by atoms with Gasteiger partial charge in [-0.2, -0.15) is 0 Å². The molecule has 5 atom stereocenters. The number of carbonyl (C=O) groups is 3. The van der Waals surface area contributed by atoms with Crippen molar-refractivity contribution < 1.29 is 34.8 Å². The molecule has 1 aromatic carbocycles. The molecule has 1 fully saturated rings. The zero-order chi connectivity index (χ0) is 23.0. The van der Waals surface area contributed by atoms with Crippen molar-refractivity contribution in [2.24, 2.45) is 23.5 Å². The van der Waals surface area contributed by atoms with Crippen LogP contribution >= 0.6 is 0 Å². The van der Waals surface area contributed by atoms with Crippen molar-refractivity contribution >= 4 is 17.5 Å². The van der Waals surface area contributed by atoms with E-state index in [0.29, 0.717) is 0 Å². The summed E-state index contributed by atoms with van der Waals surface area (Å²) in [4.78, 5) is 40.4. The summed E-state index contributed by atoms with van der Waals surface area (Å²) in [6, 6.07) is 3.47. The quantitative estimate of drug-likeness (QED) is 0.429. The van der Waals surface area contributed by atoms with Crippen molar-refractivity contribution in [1.29, 1.82) is 0 Å². The summed E-state index contributed by atoms with van der Waals surface area (Å²) in [5.41, 5.74) is 3.06. The van der Waals surface area contributed by atoms with Gasteiger partial charge in [0, 0.05) is 17.4 Å². The number of likely N-dealkylation sites (N-methyl/N-ethyl adjacent to an activating group) is 1. The molecule has 3 aliphatic carbocycles. The lowest BCUT2D eigenvalue weighted by atomic mass is 9.55. The van der Waals surface area contributed by atoms with Crippen LogP contribution in [-0.2, 0) is 15.2 Å². The number of aliphatic hydroxyl groups excluding tert-OH is 2. The van der Waals surface area contributed by atoms with E-state index < -0.39 is 64.0 Å². The fraction of sp³-hybridized carbons (Fsp3) is 0.409. The number of ketones is 2. The van der Waals surface area contributed by atoms with Crippen LogP contribution in [0.2, 0.25) is 0 Å². The molecule has 0 bridgehead atoms. The van der Waals surface area contributed by atoms with Crippen LogP contribution in [0, 0.1) is 17.8 Å². The van der Waals surface area contributed by atoms with Crippen molar-refractivity contribution in [2.45, 2.75) is 25.0 Å². The van der Waals surface area contributed by atoms with Crippen molar-refractivity contribution in [3.63, 3.8) is 0 Å². The predicted octanol–water partition coefficient (Wildman–Crippen LogP) is 0.671. The number of phenols is 1. The first-order valence-electron chi connectivity index (χ1n) is 9.87. The Morgan fingerprint density at radius 2 is 1.81 bits per heavy atom. The molecule has 0 spiro atoms. The van der Waals surface area contributed by atoms with Crippen molar-refractivity contribution in [3.8, 4) is 5.75 Å². The van der Waals surface area contributed by atoms with Crippen LogP contribution in [0.1, 0.15) is 29.3 Å². The van der Waals surface area contributed by atoms with E-state index in [4.69, 9.17) is 5.73 Å². The summed E-state index contributed by atoms with van der Waals surface area (Å²) in [5, 5.41) is 43.1. The van der Waals surface area contributed by atoms with E-state index >= 15 is 0 Å². The minimum absolute atomic E-state index is 0.0720. The topological polar surface area (TPSA) is 161 Å². The predicted molar refractivity (Wildman–Crippen MR) is 108 cm³/mol. The number of hydrogen-bond donors (Lipinski definition) is 5. The number of aromatic hydroxyl groups is 1. The van der Waals surface area contributed by atoms with Crippen LogP contribution in [0.3, 0.4) is 0 Å². The number of Topliss-reactive ketones (excluding diaryl/α,β-unsaturated/α-hetero) is 2. The van der Waals surface area contributed by atoms with E-state index in [2.05, 4.69) is 0 Å². The lowest BCUT2D eigenvalue weighted by Gasteiger charge is -2.50. The third-order valence-corrected chi connectivity index (χ3v) is 6.88. The molecule has 1 aromatic rings. The molecule has 9 heteroatoms. The average molecular weight is 428 g/mol. The first kappa shape index (κ1) is 21.1. The largest absolute Gasteiger partial charge is 0.510 e. The Kier molecular flexibility index (Phi) is 4.53. The van der Waals surface area contributed by atoms with Gasteiger partial charge in [0.25, 0.3) is 5.91 Å². The number of hydrogen-bond acceptors (Lipinski definition) is 8. The number of fused-ring (bicyclic) bond motifs is 3. The van der Waals surface area contributed by atoms with Crippen LogP contribution in [-0.4, -0.2) is 62.9 Å². The van der Waals surface area contributed by atoms with Crippen molar-refractivity contribution in [3.05, 3.63) is 52.0 Å². The minimum Gasteiger partial charge on any atom is -0.510 e. The van der Waals surface area contributed by atoms with Gasteiger partial charge in [0.05, 0.1) is 23.1 Å². The second-order valence-corrected chi connectivity index (χ2v) is 8.80. The Morgan fingerprint density at radius 3 is 2.39 bits per heavy atom. The highest BCUT2D eigenvalue weighted by molar-refractivity contribution is 6.20. The SMILES string of the molecule is CN(C)[C@@H]1C(O)=C(C(N)=O)C(O)=C2C(=O)[C@@H]3C(=O)c4c(O)cccc4[C@@](C)(O)[C@@H]3C[C@H]21. The number of rotatable bonds is 2. The molecule has 9 nitrogen and oxygen atoms in total. The monoisotopic (exact) mass is 428 g/mol. The van der Waals surface area contributed by atoms with Gasteiger partial charge < -0.3 is 26.2 Å². The lowest BCUT2D eigenvalue weighted by molar-refractivity contribution is -0.130. The molecule has 0 aliphatic heterocycles. The summed E-state index contributed by atoms with van der Waals surface area (Å²) < 4.78 is 0. The number of amides is 1. The Hall–Kier alpha value is -3.17. The van der Waals surface area contributed by atoms with Gasteiger partial charge in [-0.25, -0.2) is 0 Å². The molecule has 1 saturated carbocycles. The molecule has 0 unspecified atom stereocenters. The van der Waals surface area contributed by atoms with E-state index in [1.807, 2.05) is 0 Å². The van der Waals surface area contributed by atoms with Gasteiger partial charge in [-0.3, -0.25) is 19.3 Å². The van der Waals surface area contributed by atoms with E-state index in [1.165, 1.54) is 25.1 Å². The van der Waals surface area contributed by atoms with E-state index in [1.54, 1.807) is 19.0 Å². The van der Waals surface area contributed by atoms with Crippen LogP contribution in [0.5, 0.6) is 5.75 Å². The van der Waals surface area contributed by atoms with Gasteiger partial charge in [0.2, 0.25) is 0 Å². The molecular formula is C22H24N2O7. The Morgan fingerprint density at radius 1 is 1.16 bits per heavy atom. The Balaban J connectivity index is 1.96. The number of nitrogens with zero attached hydrogens (tertiary/aromatic N) is 1.